The zero-order valence-corrected chi connectivity index (χ0v) is 11.7. The Morgan fingerprint density at radius 2 is 2.05 bits per heavy atom. The molecule has 1 saturated heterocycles. The molecule has 20 heavy (non-hydrogen) atoms. The third-order valence-corrected chi connectivity index (χ3v) is 3.13. The lowest BCUT2D eigenvalue weighted by molar-refractivity contribution is -0.145. The molecule has 1 aliphatic rings. The van der Waals surface area contributed by atoms with Crippen LogP contribution in [0.15, 0.2) is 0 Å². The maximum absolute atomic E-state index is 12.3. The maximum Gasteiger partial charge on any atom is 0.328 e. The summed E-state index contributed by atoms with van der Waals surface area (Å²) in [6, 6.07) is -1.11. The number of amides is 2. The van der Waals surface area contributed by atoms with Gasteiger partial charge in [-0.1, -0.05) is 0 Å². The molecule has 0 aliphatic carbocycles. The number of carbonyl (C=O) groups is 3. The number of ether oxygens (including phenoxy) is 2. The van der Waals surface area contributed by atoms with Gasteiger partial charge in [0.1, 0.15) is 12.6 Å². The first-order chi connectivity index (χ1) is 9.51. The zero-order chi connectivity index (χ0) is 15.1. The van der Waals surface area contributed by atoms with E-state index in [2.05, 4.69) is 4.74 Å². The number of urea groups is 1. The molecule has 1 aliphatic heterocycles. The van der Waals surface area contributed by atoms with Crippen molar-refractivity contribution in [2.24, 2.45) is 0 Å². The standard InChI is InChI=1S/C12H20N2O6/c1-19-7-6-13(8-10(15)16)12(18)14-5-3-4-9(14)11(17)20-2/h9H,3-8H2,1-2H3,(H,15,16). The van der Waals surface area contributed by atoms with Crippen LogP contribution in [0, 0.1) is 0 Å². The minimum atomic E-state index is -1.11. The molecule has 8 heteroatoms. The Hall–Kier alpha value is -1.83. The number of hydrogen-bond donors (Lipinski definition) is 1. The lowest BCUT2D eigenvalue weighted by Crippen LogP contribution is -2.50. The summed E-state index contributed by atoms with van der Waals surface area (Å²) < 4.78 is 9.53. The molecule has 1 rings (SSSR count). The molecular formula is C12H20N2O6. The van der Waals surface area contributed by atoms with Crippen LogP contribution in [0.1, 0.15) is 12.8 Å². The Balaban J connectivity index is 2.76. The molecule has 8 nitrogen and oxygen atoms in total. The molecule has 1 atom stereocenters. The van der Waals surface area contributed by atoms with Crippen molar-refractivity contribution in [1.82, 2.24) is 9.80 Å². The minimum absolute atomic E-state index is 0.159. The summed E-state index contributed by atoms with van der Waals surface area (Å²) in [6.45, 7) is 0.385. The van der Waals surface area contributed by atoms with E-state index in [9.17, 15) is 14.4 Å². The van der Waals surface area contributed by atoms with E-state index in [0.717, 1.165) is 4.90 Å². The number of carbonyl (C=O) groups excluding carboxylic acids is 2. The van der Waals surface area contributed by atoms with Gasteiger partial charge in [0.2, 0.25) is 0 Å². The van der Waals surface area contributed by atoms with Gasteiger partial charge in [-0.3, -0.25) is 4.79 Å². The summed E-state index contributed by atoms with van der Waals surface area (Å²) in [4.78, 5) is 37.3. The van der Waals surface area contributed by atoms with E-state index < -0.39 is 30.6 Å². The summed E-state index contributed by atoms with van der Waals surface area (Å²) in [5.74, 6) is -1.58. The SMILES string of the molecule is COCCN(CC(=O)O)C(=O)N1CCCC1C(=O)OC. The fourth-order valence-electron chi connectivity index (χ4n) is 2.17. The Morgan fingerprint density at radius 3 is 2.60 bits per heavy atom. The second-order valence-corrected chi connectivity index (χ2v) is 4.47. The van der Waals surface area contributed by atoms with Crippen LogP contribution in [-0.4, -0.2) is 79.4 Å². The highest BCUT2D eigenvalue weighted by Gasteiger charge is 2.37. The number of hydrogen-bond acceptors (Lipinski definition) is 5. The van der Waals surface area contributed by atoms with Crippen molar-refractivity contribution in [2.75, 3.05) is 40.5 Å². The highest BCUT2D eigenvalue weighted by molar-refractivity contribution is 5.86. The number of nitrogens with zero attached hydrogens (tertiary/aromatic N) is 2. The number of methoxy groups -OCH3 is 2. The predicted molar refractivity (Wildman–Crippen MR) is 68.2 cm³/mol. The first-order valence-electron chi connectivity index (χ1n) is 6.35. The summed E-state index contributed by atoms with van der Waals surface area (Å²) in [5.41, 5.74) is 0. The topological polar surface area (TPSA) is 96.4 Å². The Kier molecular flexibility index (Phi) is 6.23. The summed E-state index contributed by atoms with van der Waals surface area (Å²) in [6.07, 6.45) is 1.22. The third-order valence-electron chi connectivity index (χ3n) is 3.13. The van der Waals surface area contributed by atoms with E-state index in [1.807, 2.05) is 0 Å². The Morgan fingerprint density at radius 1 is 1.35 bits per heavy atom. The molecule has 0 aromatic rings. The van der Waals surface area contributed by atoms with Crippen molar-refractivity contribution < 1.29 is 29.0 Å². The highest BCUT2D eigenvalue weighted by Crippen LogP contribution is 2.20. The van der Waals surface area contributed by atoms with E-state index in [-0.39, 0.29) is 13.2 Å². The molecule has 1 fully saturated rings. The van der Waals surface area contributed by atoms with Crippen LogP contribution in [0.3, 0.4) is 0 Å². The van der Waals surface area contributed by atoms with Gasteiger partial charge in [-0.25, -0.2) is 9.59 Å². The minimum Gasteiger partial charge on any atom is -0.480 e. The lowest BCUT2D eigenvalue weighted by atomic mass is 10.2. The molecule has 114 valence electrons. The number of rotatable bonds is 6. The van der Waals surface area contributed by atoms with Crippen molar-refractivity contribution in [3.63, 3.8) is 0 Å². The Bertz CT molecular complexity index is 373. The smallest absolute Gasteiger partial charge is 0.328 e. The van der Waals surface area contributed by atoms with Gasteiger partial charge in [-0.15, -0.1) is 0 Å². The molecule has 2 amide bonds. The molecule has 0 spiro atoms. The Labute approximate surface area is 117 Å². The largest absolute Gasteiger partial charge is 0.480 e. The van der Waals surface area contributed by atoms with E-state index >= 15 is 0 Å². The average molecular weight is 288 g/mol. The second-order valence-electron chi connectivity index (χ2n) is 4.47. The molecular weight excluding hydrogens is 268 g/mol. The molecule has 0 radical (unpaired) electrons. The summed E-state index contributed by atoms with van der Waals surface area (Å²) in [5, 5.41) is 8.85. The van der Waals surface area contributed by atoms with Crippen LogP contribution in [-0.2, 0) is 19.1 Å². The van der Waals surface area contributed by atoms with Crippen molar-refractivity contribution in [3.8, 4) is 0 Å². The van der Waals surface area contributed by atoms with E-state index in [0.29, 0.717) is 19.4 Å². The van der Waals surface area contributed by atoms with Gasteiger partial charge in [0.15, 0.2) is 0 Å². The first-order valence-corrected chi connectivity index (χ1v) is 6.35. The third kappa shape index (κ3) is 4.09. The monoisotopic (exact) mass is 288 g/mol. The van der Waals surface area contributed by atoms with Gasteiger partial charge in [-0.2, -0.15) is 0 Å². The number of likely N-dealkylation sites (tertiary alicyclic amines) is 1. The van der Waals surface area contributed by atoms with Crippen molar-refractivity contribution in [3.05, 3.63) is 0 Å². The number of aliphatic carboxylic acids is 1. The molecule has 0 aromatic carbocycles. The van der Waals surface area contributed by atoms with Crippen molar-refractivity contribution in [2.45, 2.75) is 18.9 Å². The predicted octanol–water partition coefficient (Wildman–Crippen LogP) is -0.223. The van der Waals surface area contributed by atoms with Crippen LogP contribution in [0.2, 0.25) is 0 Å². The van der Waals surface area contributed by atoms with Crippen molar-refractivity contribution in [1.29, 1.82) is 0 Å². The zero-order valence-electron chi connectivity index (χ0n) is 11.7. The van der Waals surface area contributed by atoms with Crippen LogP contribution < -0.4 is 0 Å². The number of carboxylic acid groups (broad SMARTS) is 1. The van der Waals surface area contributed by atoms with Gasteiger partial charge in [0.25, 0.3) is 0 Å². The number of esters is 1. The molecule has 1 unspecified atom stereocenters. The van der Waals surface area contributed by atoms with Crippen LogP contribution >= 0.6 is 0 Å². The van der Waals surface area contributed by atoms with Gasteiger partial charge in [0.05, 0.1) is 13.7 Å². The molecule has 1 heterocycles. The highest BCUT2D eigenvalue weighted by atomic mass is 16.5. The van der Waals surface area contributed by atoms with E-state index in [1.165, 1.54) is 19.1 Å². The van der Waals surface area contributed by atoms with Crippen molar-refractivity contribution >= 4 is 18.0 Å². The quantitative estimate of drug-likeness (QED) is 0.679. The van der Waals surface area contributed by atoms with Gasteiger partial charge >= 0.3 is 18.0 Å². The number of carboxylic acids is 1. The van der Waals surface area contributed by atoms with Crippen LogP contribution in [0.25, 0.3) is 0 Å². The molecule has 1 N–H and O–H groups in total. The van der Waals surface area contributed by atoms with Crippen LogP contribution in [0.5, 0.6) is 0 Å². The van der Waals surface area contributed by atoms with Gasteiger partial charge < -0.3 is 24.4 Å². The summed E-state index contributed by atoms with van der Waals surface area (Å²) in [7, 11) is 2.74. The first kappa shape index (κ1) is 16.2. The lowest BCUT2D eigenvalue weighted by Gasteiger charge is -2.29. The fourth-order valence-corrected chi connectivity index (χ4v) is 2.17. The van der Waals surface area contributed by atoms with E-state index in [1.54, 1.807) is 0 Å². The second kappa shape index (κ2) is 7.68. The molecule has 0 saturated carbocycles. The van der Waals surface area contributed by atoms with Gasteiger partial charge in [0, 0.05) is 20.2 Å². The van der Waals surface area contributed by atoms with Crippen LogP contribution in [0.4, 0.5) is 4.79 Å². The van der Waals surface area contributed by atoms with Gasteiger partial charge in [-0.05, 0) is 12.8 Å². The molecule has 0 bridgehead atoms. The van der Waals surface area contributed by atoms with E-state index in [4.69, 9.17) is 9.84 Å². The summed E-state index contributed by atoms with van der Waals surface area (Å²) >= 11 is 0. The maximum atomic E-state index is 12.3. The fraction of sp³-hybridized carbons (Fsp3) is 0.750. The normalized spacial score (nSPS) is 17.9. The molecule has 0 aromatic heterocycles. The average Bonchev–Trinajstić information content (AvgIpc) is 2.90.